The second kappa shape index (κ2) is 7.16. The molecule has 158 valence electrons. The highest BCUT2D eigenvalue weighted by atomic mass is 16.5. The van der Waals surface area contributed by atoms with Gasteiger partial charge in [0.05, 0.1) is 7.11 Å². The van der Waals surface area contributed by atoms with Crippen molar-refractivity contribution in [3.8, 4) is 17.1 Å². The molecule has 4 nitrogen and oxygen atoms in total. The van der Waals surface area contributed by atoms with E-state index in [9.17, 15) is 4.79 Å². The zero-order valence-corrected chi connectivity index (χ0v) is 18.5. The molecule has 1 aromatic carbocycles. The summed E-state index contributed by atoms with van der Waals surface area (Å²) in [6.45, 7) is 4.55. The maximum absolute atomic E-state index is 12.2. The minimum Gasteiger partial charge on any atom is -0.493 e. The van der Waals surface area contributed by atoms with Crippen molar-refractivity contribution in [2.45, 2.75) is 38.5 Å². The van der Waals surface area contributed by atoms with Crippen LogP contribution in [0.15, 0.2) is 69.5 Å². The highest BCUT2D eigenvalue weighted by Gasteiger charge is 2.37. The van der Waals surface area contributed by atoms with Gasteiger partial charge in [0.2, 0.25) is 5.43 Å². The molecule has 1 aromatic rings. The molecule has 0 saturated carbocycles. The van der Waals surface area contributed by atoms with Gasteiger partial charge in [-0.15, -0.1) is 0 Å². The molecule has 4 aliphatic rings. The quantitative estimate of drug-likeness (QED) is 0.534. The fraction of sp³-hybridized carbons (Fsp3) is 0.296. The predicted octanol–water partition coefficient (Wildman–Crippen LogP) is 5.78. The normalized spacial score (nSPS) is 19.7. The minimum absolute atomic E-state index is 0.0611. The van der Waals surface area contributed by atoms with Crippen LogP contribution in [0, 0.1) is 0 Å². The Balaban J connectivity index is 1.59. The Labute approximate surface area is 182 Å². The van der Waals surface area contributed by atoms with E-state index in [0.29, 0.717) is 11.5 Å². The number of benzene rings is 2. The summed E-state index contributed by atoms with van der Waals surface area (Å²) < 4.78 is 11.5. The molecule has 0 unspecified atom stereocenters. The molecule has 0 bridgehead atoms. The van der Waals surface area contributed by atoms with Gasteiger partial charge >= 0.3 is 0 Å². The van der Waals surface area contributed by atoms with Gasteiger partial charge in [0.1, 0.15) is 11.5 Å². The van der Waals surface area contributed by atoms with Gasteiger partial charge in [-0.2, -0.15) is 0 Å². The van der Waals surface area contributed by atoms with Crippen molar-refractivity contribution >= 4 is 11.3 Å². The molecule has 5 rings (SSSR count). The van der Waals surface area contributed by atoms with Gasteiger partial charge in [-0.1, -0.05) is 38.1 Å². The van der Waals surface area contributed by atoms with Crippen molar-refractivity contribution in [3.05, 3.63) is 87.4 Å². The van der Waals surface area contributed by atoms with E-state index in [4.69, 9.17) is 9.15 Å². The van der Waals surface area contributed by atoms with Gasteiger partial charge in [-0.3, -0.25) is 4.79 Å². The van der Waals surface area contributed by atoms with E-state index in [1.54, 1.807) is 6.07 Å². The Morgan fingerprint density at radius 3 is 2.68 bits per heavy atom. The number of aryl methyl sites for hydroxylation is 1. The van der Waals surface area contributed by atoms with Crippen LogP contribution in [0.3, 0.4) is 0 Å². The molecular formula is C27H27NO3. The SMILES string of the molecule is COc1cc2cc3c(oc-2cc1=O)C(=CC=C1N(C)c2ccccc2C1(C)C)CCC3. The minimum atomic E-state index is -0.158. The van der Waals surface area contributed by atoms with Gasteiger partial charge in [0, 0.05) is 35.5 Å². The first-order chi connectivity index (χ1) is 14.9. The molecule has 0 N–H and O–H groups in total. The molecule has 2 aliphatic carbocycles. The predicted molar refractivity (Wildman–Crippen MR) is 125 cm³/mol. The monoisotopic (exact) mass is 413 g/mol. The number of fused-ring (bicyclic) bond motifs is 3. The van der Waals surface area contributed by atoms with Crippen molar-refractivity contribution in [2.24, 2.45) is 0 Å². The summed E-state index contributed by atoms with van der Waals surface area (Å²) in [5.74, 6) is 1.86. The summed E-state index contributed by atoms with van der Waals surface area (Å²) >= 11 is 0. The second-order valence-corrected chi connectivity index (χ2v) is 8.94. The van der Waals surface area contributed by atoms with E-state index in [0.717, 1.165) is 30.6 Å². The van der Waals surface area contributed by atoms with E-state index in [-0.39, 0.29) is 10.8 Å². The Hall–Kier alpha value is -3.27. The van der Waals surface area contributed by atoms with Crippen LogP contribution in [0.1, 0.15) is 43.6 Å². The molecule has 2 heterocycles. The number of hydrogen-bond acceptors (Lipinski definition) is 4. The van der Waals surface area contributed by atoms with Crippen LogP contribution < -0.4 is 15.1 Å². The summed E-state index contributed by atoms with van der Waals surface area (Å²) in [6, 6.07) is 14.0. The summed E-state index contributed by atoms with van der Waals surface area (Å²) in [7, 11) is 3.65. The molecule has 0 amide bonds. The van der Waals surface area contributed by atoms with Crippen LogP contribution in [0.4, 0.5) is 5.69 Å². The number of ether oxygens (including phenoxy) is 1. The van der Waals surface area contributed by atoms with Crippen LogP contribution in [-0.4, -0.2) is 14.2 Å². The average Bonchev–Trinajstić information content (AvgIpc) is 2.96. The number of rotatable bonds is 2. The maximum Gasteiger partial charge on any atom is 0.224 e. The zero-order valence-electron chi connectivity index (χ0n) is 18.5. The second-order valence-electron chi connectivity index (χ2n) is 8.94. The molecule has 0 radical (unpaired) electrons. The van der Waals surface area contributed by atoms with Crippen molar-refractivity contribution < 1.29 is 9.15 Å². The van der Waals surface area contributed by atoms with E-state index in [1.807, 2.05) is 0 Å². The van der Waals surface area contributed by atoms with E-state index in [1.165, 1.54) is 41.3 Å². The number of anilines is 1. The first-order valence-corrected chi connectivity index (χ1v) is 10.8. The fourth-order valence-corrected chi connectivity index (χ4v) is 5.03. The Morgan fingerprint density at radius 1 is 1.10 bits per heavy atom. The number of allylic oxidation sites excluding steroid dienone is 4. The van der Waals surface area contributed by atoms with E-state index < -0.39 is 0 Å². The van der Waals surface area contributed by atoms with Gasteiger partial charge in [-0.25, -0.2) is 0 Å². The Bertz CT molecular complexity index is 1260. The fourth-order valence-electron chi connectivity index (χ4n) is 5.03. The van der Waals surface area contributed by atoms with E-state index in [2.05, 4.69) is 68.3 Å². The summed E-state index contributed by atoms with van der Waals surface area (Å²) in [5, 5.41) is 0. The van der Waals surface area contributed by atoms with Gasteiger partial charge in [0.25, 0.3) is 0 Å². The summed E-state index contributed by atoms with van der Waals surface area (Å²) in [6.07, 6.45) is 7.45. The molecule has 0 aromatic heterocycles. The third kappa shape index (κ3) is 3.09. The topological polar surface area (TPSA) is 42.7 Å². The highest BCUT2D eigenvalue weighted by molar-refractivity contribution is 5.74. The van der Waals surface area contributed by atoms with Crippen molar-refractivity contribution in [2.75, 3.05) is 19.1 Å². The van der Waals surface area contributed by atoms with Gasteiger partial charge < -0.3 is 14.1 Å². The lowest BCUT2D eigenvalue weighted by atomic mass is 9.83. The van der Waals surface area contributed by atoms with Crippen LogP contribution in [0.25, 0.3) is 16.9 Å². The maximum atomic E-state index is 12.2. The van der Waals surface area contributed by atoms with Gasteiger partial charge in [-0.05, 0) is 60.2 Å². The Kier molecular flexibility index (Phi) is 4.54. The molecule has 0 atom stereocenters. The van der Waals surface area contributed by atoms with Crippen LogP contribution in [0.2, 0.25) is 0 Å². The standard InChI is InChI=1S/C27H27NO3/c1-27(2)20-10-5-6-11-21(20)28(3)25(27)13-12-17-8-7-9-18-14-19-15-24(30-4)22(29)16-23(19)31-26(17)18/h5-6,10-16H,7-9H2,1-4H3. The van der Waals surface area contributed by atoms with Gasteiger partial charge in [0.15, 0.2) is 5.75 Å². The number of likely N-dealkylation sites (N-methyl/N-ethyl adjacent to an activating group) is 1. The molecule has 31 heavy (non-hydrogen) atoms. The van der Waals surface area contributed by atoms with Crippen LogP contribution in [-0.2, 0) is 11.8 Å². The molecule has 2 aliphatic heterocycles. The third-order valence-electron chi connectivity index (χ3n) is 6.70. The average molecular weight is 414 g/mol. The lowest BCUT2D eigenvalue weighted by Crippen LogP contribution is -2.22. The van der Waals surface area contributed by atoms with E-state index >= 15 is 0 Å². The van der Waals surface area contributed by atoms with Crippen molar-refractivity contribution in [1.82, 2.24) is 0 Å². The Morgan fingerprint density at radius 2 is 1.90 bits per heavy atom. The van der Waals surface area contributed by atoms with Crippen molar-refractivity contribution in [3.63, 3.8) is 0 Å². The molecule has 0 saturated heterocycles. The third-order valence-corrected chi connectivity index (χ3v) is 6.70. The molecule has 4 heteroatoms. The molecule has 0 spiro atoms. The first-order valence-electron chi connectivity index (χ1n) is 10.8. The summed E-state index contributed by atoms with van der Waals surface area (Å²) in [4.78, 5) is 14.5. The largest absolute Gasteiger partial charge is 0.493 e. The number of hydrogen-bond donors (Lipinski definition) is 0. The number of para-hydroxylation sites is 1. The summed E-state index contributed by atoms with van der Waals surface area (Å²) in [5.41, 5.74) is 6.92. The zero-order chi connectivity index (χ0) is 21.8. The van der Waals surface area contributed by atoms with Crippen LogP contribution >= 0.6 is 0 Å². The van der Waals surface area contributed by atoms with Crippen LogP contribution in [0.5, 0.6) is 5.75 Å². The number of nitrogens with zero attached hydrogens (tertiary/aromatic N) is 1. The lowest BCUT2D eigenvalue weighted by Gasteiger charge is -2.24. The molecular weight excluding hydrogens is 386 g/mol. The number of methoxy groups -OCH3 is 1. The lowest BCUT2D eigenvalue weighted by molar-refractivity contribution is 0.410. The first kappa shape index (κ1) is 19.7. The molecule has 0 fully saturated rings. The smallest absolute Gasteiger partial charge is 0.224 e. The highest BCUT2D eigenvalue weighted by Crippen LogP contribution is 2.47. The van der Waals surface area contributed by atoms with Crippen molar-refractivity contribution in [1.29, 1.82) is 0 Å².